The quantitative estimate of drug-likeness (QED) is 0.109. The van der Waals surface area contributed by atoms with Gasteiger partial charge in [-0.1, -0.05) is 72.4 Å². The number of esters is 1. The second kappa shape index (κ2) is 10.6. The number of carbonyl (C=O) groups excluding carboxylic acids is 1. The molecule has 0 aliphatic rings. The van der Waals surface area contributed by atoms with E-state index in [1.807, 2.05) is 0 Å². The van der Waals surface area contributed by atoms with Crippen LogP contribution in [-0.4, -0.2) is 15.7 Å². The fourth-order valence-electron chi connectivity index (χ4n) is 3.84. The molecule has 1 aromatic heterocycles. The molecule has 0 unspecified atom stereocenters. The van der Waals surface area contributed by atoms with Crippen LogP contribution in [0.4, 0.5) is 22.0 Å². The first-order valence-corrected chi connectivity index (χ1v) is 12.3. The van der Waals surface area contributed by atoms with E-state index in [1.165, 1.54) is 11.6 Å². The first-order chi connectivity index (χ1) is 17.9. The van der Waals surface area contributed by atoms with E-state index in [4.69, 9.17) is 4.74 Å². The summed E-state index contributed by atoms with van der Waals surface area (Å²) in [6, 6.07) is 17.7. The van der Waals surface area contributed by atoms with E-state index in [2.05, 4.69) is 5.10 Å². The molecule has 0 spiro atoms. The van der Waals surface area contributed by atoms with Crippen molar-refractivity contribution in [3.05, 3.63) is 107 Å². The van der Waals surface area contributed by atoms with Gasteiger partial charge in [0.15, 0.2) is 23.3 Å². The molecule has 0 saturated carbocycles. The van der Waals surface area contributed by atoms with Crippen molar-refractivity contribution in [1.82, 2.24) is 9.78 Å². The van der Waals surface area contributed by atoms with Gasteiger partial charge in [-0.3, -0.25) is 4.79 Å². The zero-order chi connectivity index (χ0) is 27.8. The molecular weight excluding hydrogens is 523 g/mol. The first-order valence-electron chi connectivity index (χ1n) is 11.5. The molecule has 0 saturated heterocycles. The fraction of sp³-hybridized carbons (Fsp3) is 0.214. The lowest BCUT2D eigenvalue weighted by Gasteiger charge is -2.23. The van der Waals surface area contributed by atoms with Crippen LogP contribution >= 0.6 is 11.8 Å². The minimum Gasteiger partial charge on any atom is -0.406 e. The van der Waals surface area contributed by atoms with E-state index < -0.39 is 51.4 Å². The number of hydrogen-bond donors (Lipinski definition) is 0. The van der Waals surface area contributed by atoms with Gasteiger partial charge in [-0.15, -0.1) is 0 Å². The van der Waals surface area contributed by atoms with Crippen LogP contribution in [0.1, 0.15) is 43.5 Å². The minimum atomic E-state index is -2.26. The number of hydrogen-bond acceptors (Lipinski definition) is 4. The third-order valence-electron chi connectivity index (χ3n) is 5.67. The van der Waals surface area contributed by atoms with Crippen molar-refractivity contribution in [2.45, 2.75) is 48.9 Å². The van der Waals surface area contributed by atoms with Gasteiger partial charge >= 0.3 is 5.97 Å². The number of carbonyl (C=O) groups is 1. The van der Waals surface area contributed by atoms with Crippen LogP contribution in [0.5, 0.6) is 5.88 Å². The molecule has 10 heteroatoms. The van der Waals surface area contributed by atoms with Gasteiger partial charge < -0.3 is 4.74 Å². The number of nitrogens with zero attached hydrogens (tertiary/aromatic N) is 2. The Kier molecular flexibility index (Phi) is 7.64. The molecule has 0 aliphatic carbocycles. The molecule has 38 heavy (non-hydrogen) atoms. The number of rotatable bonds is 6. The van der Waals surface area contributed by atoms with Crippen molar-refractivity contribution in [3.63, 3.8) is 0 Å². The number of halogens is 5. The van der Waals surface area contributed by atoms with E-state index in [0.717, 1.165) is 0 Å². The Morgan fingerprint density at radius 2 is 1.24 bits per heavy atom. The molecule has 4 aromatic rings. The Hall–Kier alpha value is -3.66. The molecule has 0 bridgehead atoms. The van der Waals surface area contributed by atoms with Crippen LogP contribution in [0, 0.1) is 36.0 Å². The topological polar surface area (TPSA) is 44.1 Å². The van der Waals surface area contributed by atoms with Crippen molar-refractivity contribution in [2.75, 3.05) is 0 Å². The van der Waals surface area contributed by atoms with Gasteiger partial charge in [-0.05, 0) is 38.8 Å². The fourth-order valence-corrected chi connectivity index (χ4v) is 4.81. The Morgan fingerprint density at radius 3 is 1.68 bits per heavy atom. The smallest absolute Gasteiger partial charge is 0.324 e. The highest BCUT2D eigenvalue weighted by atomic mass is 32.2. The average Bonchev–Trinajstić information content (AvgIpc) is 3.20. The molecule has 198 valence electrons. The van der Waals surface area contributed by atoms with Gasteiger partial charge in [-0.2, -0.15) is 5.10 Å². The van der Waals surface area contributed by atoms with Crippen molar-refractivity contribution in [2.24, 2.45) is 0 Å². The molecule has 0 radical (unpaired) electrons. The predicted octanol–water partition coefficient (Wildman–Crippen LogP) is 7.53. The summed E-state index contributed by atoms with van der Waals surface area (Å²) in [5, 5.41) is 4.37. The molecule has 4 nitrogen and oxygen atoms in total. The van der Waals surface area contributed by atoms with E-state index in [-0.39, 0.29) is 28.2 Å². The highest BCUT2D eigenvalue weighted by Gasteiger charge is 2.34. The van der Waals surface area contributed by atoms with E-state index in [1.54, 1.807) is 81.4 Å². The Bertz CT molecular complexity index is 1420. The van der Waals surface area contributed by atoms with Gasteiger partial charge in [0.05, 0.1) is 21.0 Å². The van der Waals surface area contributed by atoms with Crippen molar-refractivity contribution < 1.29 is 31.5 Å². The third-order valence-corrected chi connectivity index (χ3v) is 6.91. The van der Waals surface area contributed by atoms with Crippen LogP contribution in [0.2, 0.25) is 0 Å². The van der Waals surface area contributed by atoms with Crippen molar-refractivity contribution in [3.8, 4) is 5.88 Å². The highest BCUT2D eigenvalue weighted by molar-refractivity contribution is 7.99. The SMILES string of the molecule is Cc1nn(C(C)(C)C)c(OC(=O)C(c2ccccc2)c2ccccc2)c1Sc1c(F)c(F)c(F)c(F)c1F. The average molecular weight is 547 g/mol. The standard InChI is InChI=1S/C28H23F5N2O2S/c1-15-24(38-25-22(32)20(30)19(29)21(31)23(25)33)26(35(34-15)28(2,3)4)37-27(36)18(16-11-7-5-8-12-16)17-13-9-6-10-14-17/h5-14,18H,1-4H3. The molecule has 1 heterocycles. The summed E-state index contributed by atoms with van der Waals surface area (Å²) in [4.78, 5) is 12.5. The Labute approximate surface area is 220 Å². The molecule has 0 N–H and O–H groups in total. The molecule has 4 rings (SSSR count). The van der Waals surface area contributed by atoms with Crippen LogP contribution < -0.4 is 4.74 Å². The number of benzene rings is 3. The van der Waals surface area contributed by atoms with Gasteiger partial charge in [0, 0.05) is 0 Å². The summed E-state index contributed by atoms with van der Waals surface area (Å²) in [5.74, 6) is -12.1. The van der Waals surface area contributed by atoms with Gasteiger partial charge in [0.1, 0.15) is 5.92 Å². The maximum atomic E-state index is 14.5. The van der Waals surface area contributed by atoms with Gasteiger partial charge in [0.25, 0.3) is 0 Å². The zero-order valence-electron chi connectivity index (χ0n) is 20.9. The second-order valence-corrected chi connectivity index (χ2v) is 10.5. The third kappa shape index (κ3) is 5.18. The molecular formula is C28H23F5N2O2S. The largest absolute Gasteiger partial charge is 0.406 e. The maximum Gasteiger partial charge on any atom is 0.324 e. The summed E-state index contributed by atoms with van der Waals surface area (Å²) < 4.78 is 77.8. The first kappa shape index (κ1) is 27.4. The number of ether oxygens (including phenoxy) is 1. The summed E-state index contributed by atoms with van der Waals surface area (Å²) in [5.41, 5.74) is 0.671. The van der Waals surface area contributed by atoms with Crippen molar-refractivity contribution >= 4 is 17.7 Å². The van der Waals surface area contributed by atoms with Crippen LogP contribution in [0.15, 0.2) is 70.5 Å². The summed E-state index contributed by atoms with van der Waals surface area (Å²) >= 11 is 0.256. The highest BCUT2D eigenvalue weighted by Crippen LogP contribution is 2.43. The monoisotopic (exact) mass is 546 g/mol. The van der Waals surface area contributed by atoms with Gasteiger partial charge in [-0.25, -0.2) is 26.6 Å². The van der Waals surface area contributed by atoms with Crippen LogP contribution in [-0.2, 0) is 10.3 Å². The lowest BCUT2D eigenvalue weighted by atomic mass is 9.91. The second-order valence-electron chi connectivity index (χ2n) is 9.48. The van der Waals surface area contributed by atoms with Gasteiger partial charge in [0.2, 0.25) is 11.7 Å². The number of aryl methyl sites for hydroxylation is 1. The van der Waals surface area contributed by atoms with E-state index in [0.29, 0.717) is 11.1 Å². The minimum absolute atomic E-state index is 0.0589. The summed E-state index contributed by atoms with van der Waals surface area (Å²) in [6.45, 7) is 6.76. The number of aromatic nitrogens is 2. The van der Waals surface area contributed by atoms with Crippen LogP contribution in [0.25, 0.3) is 0 Å². The van der Waals surface area contributed by atoms with Crippen molar-refractivity contribution in [1.29, 1.82) is 0 Å². The predicted molar refractivity (Wildman–Crippen MR) is 133 cm³/mol. The lowest BCUT2D eigenvalue weighted by molar-refractivity contribution is -0.135. The normalized spacial score (nSPS) is 11.7. The summed E-state index contributed by atoms with van der Waals surface area (Å²) in [6.07, 6.45) is 0. The molecule has 0 fully saturated rings. The molecule has 0 atom stereocenters. The molecule has 3 aromatic carbocycles. The summed E-state index contributed by atoms with van der Waals surface area (Å²) in [7, 11) is 0. The van der Waals surface area contributed by atoms with E-state index >= 15 is 0 Å². The maximum absolute atomic E-state index is 14.5. The van der Waals surface area contributed by atoms with E-state index in [9.17, 15) is 26.7 Å². The lowest BCUT2D eigenvalue weighted by Crippen LogP contribution is -2.27. The molecule has 0 aliphatic heterocycles. The van der Waals surface area contributed by atoms with Crippen LogP contribution in [0.3, 0.4) is 0 Å². The Morgan fingerprint density at radius 1 is 0.789 bits per heavy atom. The zero-order valence-corrected chi connectivity index (χ0v) is 21.7. The Balaban J connectivity index is 1.84. The molecule has 0 amide bonds.